The van der Waals surface area contributed by atoms with E-state index in [0.717, 1.165) is 44.0 Å². The summed E-state index contributed by atoms with van der Waals surface area (Å²) in [7, 11) is 0. The second-order valence-electron chi connectivity index (χ2n) is 5.27. The normalized spacial score (nSPS) is 13.3. The SMILES string of the molecule is CCCCNc1ncnc(N2CCc3ccccc32)c1N. The van der Waals surface area contributed by atoms with Crippen molar-refractivity contribution in [2.45, 2.75) is 26.2 Å². The van der Waals surface area contributed by atoms with E-state index in [1.165, 1.54) is 11.3 Å². The van der Waals surface area contributed by atoms with Crippen LogP contribution in [0.1, 0.15) is 25.3 Å². The van der Waals surface area contributed by atoms with Crippen LogP contribution in [0.3, 0.4) is 0 Å². The Bertz CT molecular complexity index is 626. The average Bonchev–Trinajstić information content (AvgIpc) is 2.93. The molecule has 1 aliphatic rings. The van der Waals surface area contributed by atoms with Crippen molar-refractivity contribution in [1.29, 1.82) is 0 Å². The summed E-state index contributed by atoms with van der Waals surface area (Å²) in [6.45, 7) is 3.96. The van der Waals surface area contributed by atoms with Crippen LogP contribution < -0.4 is 16.0 Å². The number of rotatable bonds is 5. The highest BCUT2D eigenvalue weighted by molar-refractivity contribution is 5.81. The molecule has 2 aromatic rings. The molecule has 2 heterocycles. The van der Waals surface area contributed by atoms with Gasteiger partial charge in [0, 0.05) is 18.8 Å². The summed E-state index contributed by atoms with van der Waals surface area (Å²) in [6.07, 6.45) is 4.86. The molecule has 0 amide bonds. The molecule has 1 aliphatic heterocycles. The number of anilines is 4. The molecular formula is C16H21N5. The van der Waals surface area contributed by atoms with Crippen molar-refractivity contribution in [3.05, 3.63) is 36.2 Å². The van der Waals surface area contributed by atoms with Gasteiger partial charge in [0.1, 0.15) is 12.0 Å². The summed E-state index contributed by atoms with van der Waals surface area (Å²) in [4.78, 5) is 10.8. The third kappa shape index (κ3) is 2.63. The minimum atomic E-state index is 0.630. The van der Waals surface area contributed by atoms with E-state index in [4.69, 9.17) is 5.73 Å². The number of nitrogens with one attached hydrogen (secondary N) is 1. The minimum absolute atomic E-state index is 0.630. The summed E-state index contributed by atoms with van der Waals surface area (Å²) >= 11 is 0. The molecule has 5 nitrogen and oxygen atoms in total. The zero-order valence-corrected chi connectivity index (χ0v) is 12.3. The van der Waals surface area contributed by atoms with E-state index in [2.05, 4.69) is 51.4 Å². The lowest BCUT2D eigenvalue weighted by Crippen LogP contribution is -2.18. The standard InChI is InChI=1S/C16H21N5/c1-2-3-9-18-15-14(17)16(20-11-19-15)21-10-8-12-6-4-5-7-13(12)21/h4-7,11H,2-3,8-10,17H2,1H3,(H,18,19,20). The van der Waals surface area contributed by atoms with Gasteiger partial charge >= 0.3 is 0 Å². The number of fused-ring (bicyclic) bond motifs is 1. The number of unbranched alkanes of at least 4 members (excludes halogenated alkanes) is 1. The highest BCUT2D eigenvalue weighted by atomic mass is 15.2. The van der Waals surface area contributed by atoms with Gasteiger partial charge in [-0.25, -0.2) is 9.97 Å². The number of benzene rings is 1. The van der Waals surface area contributed by atoms with Gasteiger partial charge in [0.05, 0.1) is 0 Å². The Morgan fingerprint density at radius 1 is 1.29 bits per heavy atom. The van der Waals surface area contributed by atoms with Crippen LogP contribution >= 0.6 is 0 Å². The molecule has 0 spiro atoms. The Balaban J connectivity index is 1.88. The molecule has 0 unspecified atom stereocenters. The zero-order chi connectivity index (χ0) is 14.7. The number of aromatic nitrogens is 2. The summed E-state index contributed by atoms with van der Waals surface area (Å²) in [6, 6.07) is 8.40. The lowest BCUT2D eigenvalue weighted by atomic mass is 10.2. The lowest BCUT2D eigenvalue weighted by molar-refractivity contribution is 0.830. The van der Waals surface area contributed by atoms with Gasteiger partial charge in [0.15, 0.2) is 11.6 Å². The fraction of sp³-hybridized carbons (Fsp3) is 0.375. The molecule has 3 rings (SSSR count). The van der Waals surface area contributed by atoms with Gasteiger partial charge < -0.3 is 16.0 Å². The molecule has 110 valence electrons. The second-order valence-corrected chi connectivity index (χ2v) is 5.27. The highest BCUT2D eigenvalue weighted by Crippen LogP contribution is 2.37. The molecule has 5 heteroatoms. The fourth-order valence-corrected chi connectivity index (χ4v) is 2.68. The van der Waals surface area contributed by atoms with Crippen molar-refractivity contribution in [2.75, 3.05) is 29.0 Å². The monoisotopic (exact) mass is 283 g/mol. The largest absolute Gasteiger partial charge is 0.393 e. The van der Waals surface area contributed by atoms with E-state index in [1.807, 2.05) is 0 Å². The molecule has 0 saturated carbocycles. The van der Waals surface area contributed by atoms with E-state index >= 15 is 0 Å². The van der Waals surface area contributed by atoms with E-state index in [-0.39, 0.29) is 0 Å². The Kier molecular flexibility index (Phi) is 3.90. The van der Waals surface area contributed by atoms with Crippen LogP contribution in [0.5, 0.6) is 0 Å². The average molecular weight is 283 g/mol. The second kappa shape index (κ2) is 5.99. The van der Waals surface area contributed by atoms with Crippen molar-refractivity contribution in [3.63, 3.8) is 0 Å². The first-order valence-corrected chi connectivity index (χ1v) is 7.51. The first-order chi connectivity index (χ1) is 10.3. The van der Waals surface area contributed by atoms with Crippen LogP contribution in [-0.4, -0.2) is 23.1 Å². The van der Waals surface area contributed by atoms with Crippen LogP contribution in [-0.2, 0) is 6.42 Å². The Morgan fingerprint density at radius 2 is 2.14 bits per heavy atom. The molecule has 3 N–H and O–H groups in total. The van der Waals surface area contributed by atoms with Crippen molar-refractivity contribution in [1.82, 2.24) is 9.97 Å². The Morgan fingerprint density at radius 3 is 3.00 bits per heavy atom. The number of hydrogen-bond acceptors (Lipinski definition) is 5. The third-order valence-corrected chi connectivity index (χ3v) is 3.83. The number of hydrogen-bond donors (Lipinski definition) is 2. The van der Waals surface area contributed by atoms with E-state index in [9.17, 15) is 0 Å². The van der Waals surface area contributed by atoms with Gasteiger partial charge in [-0.1, -0.05) is 31.5 Å². The van der Waals surface area contributed by atoms with Gasteiger partial charge in [-0.15, -0.1) is 0 Å². The van der Waals surface area contributed by atoms with Gasteiger partial charge in [-0.3, -0.25) is 0 Å². The van der Waals surface area contributed by atoms with Crippen LogP contribution in [0.4, 0.5) is 23.0 Å². The topological polar surface area (TPSA) is 67.1 Å². The lowest BCUT2D eigenvalue weighted by Gasteiger charge is -2.21. The van der Waals surface area contributed by atoms with Gasteiger partial charge in [-0.2, -0.15) is 0 Å². The van der Waals surface area contributed by atoms with Crippen LogP contribution in [0, 0.1) is 0 Å². The van der Waals surface area contributed by atoms with Crippen LogP contribution in [0.15, 0.2) is 30.6 Å². The van der Waals surface area contributed by atoms with Gasteiger partial charge in [-0.05, 0) is 24.5 Å². The molecule has 1 aromatic heterocycles. The summed E-state index contributed by atoms with van der Waals surface area (Å²) < 4.78 is 0. The maximum absolute atomic E-state index is 6.27. The Labute approximate surface area is 125 Å². The Hall–Kier alpha value is -2.30. The summed E-state index contributed by atoms with van der Waals surface area (Å²) in [5.74, 6) is 1.53. The zero-order valence-electron chi connectivity index (χ0n) is 12.3. The van der Waals surface area contributed by atoms with Crippen LogP contribution in [0.2, 0.25) is 0 Å². The predicted octanol–water partition coefficient (Wildman–Crippen LogP) is 2.97. The van der Waals surface area contributed by atoms with Gasteiger partial charge in [0.2, 0.25) is 0 Å². The van der Waals surface area contributed by atoms with Crippen LogP contribution in [0.25, 0.3) is 0 Å². The fourth-order valence-electron chi connectivity index (χ4n) is 2.68. The maximum atomic E-state index is 6.27. The molecule has 0 saturated heterocycles. The first kappa shape index (κ1) is 13.7. The van der Waals surface area contributed by atoms with E-state index in [0.29, 0.717) is 5.69 Å². The molecule has 0 radical (unpaired) electrons. The molecule has 0 atom stereocenters. The van der Waals surface area contributed by atoms with Gasteiger partial charge in [0.25, 0.3) is 0 Å². The molecule has 0 fully saturated rings. The van der Waals surface area contributed by atoms with E-state index < -0.39 is 0 Å². The quantitative estimate of drug-likeness (QED) is 0.826. The predicted molar refractivity (Wildman–Crippen MR) is 87.0 cm³/mol. The summed E-state index contributed by atoms with van der Waals surface area (Å²) in [5.41, 5.74) is 9.44. The number of nitrogens with zero attached hydrogens (tertiary/aromatic N) is 3. The summed E-state index contributed by atoms with van der Waals surface area (Å²) in [5, 5.41) is 3.30. The number of para-hydroxylation sites is 1. The molecule has 0 aliphatic carbocycles. The molecule has 0 bridgehead atoms. The van der Waals surface area contributed by atoms with Crippen molar-refractivity contribution >= 4 is 23.0 Å². The molecule has 21 heavy (non-hydrogen) atoms. The molecular weight excluding hydrogens is 262 g/mol. The minimum Gasteiger partial charge on any atom is -0.393 e. The number of nitrogen functional groups attached to an aromatic ring is 1. The van der Waals surface area contributed by atoms with Crippen molar-refractivity contribution in [3.8, 4) is 0 Å². The smallest absolute Gasteiger partial charge is 0.161 e. The first-order valence-electron chi connectivity index (χ1n) is 7.51. The highest BCUT2D eigenvalue weighted by Gasteiger charge is 2.23. The van der Waals surface area contributed by atoms with Crippen molar-refractivity contribution < 1.29 is 0 Å². The van der Waals surface area contributed by atoms with E-state index in [1.54, 1.807) is 6.33 Å². The molecule has 1 aromatic carbocycles. The maximum Gasteiger partial charge on any atom is 0.161 e. The number of nitrogens with two attached hydrogens (primary N) is 1. The van der Waals surface area contributed by atoms with Crippen molar-refractivity contribution in [2.24, 2.45) is 0 Å². The third-order valence-electron chi connectivity index (χ3n) is 3.83.